The van der Waals surface area contributed by atoms with Crippen molar-refractivity contribution in [3.8, 4) is 5.75 Å². The highest BCUT2D eigenvalue weighted by atomic mass is 35.7. The first-order chi connectivity index (χ1) is 8.42. The summed E-state index contributed by atoms with van der Waals surface area (Å²) in [4.78, 5) is 0. The van der Waals surface area contributed by atoms with Gasteiger partial charge >= 0.3 is 0 Å². The van der Waals surface area contributed by atoms with Crippen molar-refractivity contribution in [2.24, 2.45) is 0 Å². The van der Waals surface area contributed by atoms with Crippen molar-refractivity contribution in [3.05, 3.63) is 29.8 Å². The summed E-state index contributed by atoms with van der Waals surface area (Å²) < 4.78 is 26.9. The van der Waals surface area contributed by atoms with E-state index in [4.69, 9.17) is 15.4 Å². The van der Waals surface area contributed by atoms with Crippen molar-refractivity contribution in [1.29, 1.82) is 0 Å². The summed E-state index contributed by atoms with van der Waals surface area (Å²) in [5.74, 6) is 1.24. The van der Waals surface area contributed by atoms with E-state index in [2.05, 4.69) is 13.8 Å². The molecular formula is C13H19ClO3S. The van der Waals surface area contributed by atoms with Crippen LogP contribution >= 0.6 is 10.7 Å². The van der Waals surface area contributed by atoms with Crippen LogP contribution < -0.4 is 4.74 Å². The summed E-state index contributed by atoms with van der Waals surface area (Å²) in [5.41, 5.74) is 1.29. The minimum Gasteiger partial charge on any atom is -0.494 e. The largest absolute Gasteiger partial charge is 0.494 e. The molecule has 102 valence electrons. The Hall–Kier alpha value is -0.740. The first-order valence-electron chi connectivity index (χ1n) is 6.07. The highest BCUT2D eigenvalue weighted by molar-refractivity contribution is 8.13. The Morgan fingerprint density at radius 1 is 1.28 bits per heavy atom. The van der Waals surface area contributed by atoms with E-state index < -0.39 is 9.05 Å². The van der Waals surface area contributed by atoms with Crippen LogP contribution in [0, 0.1) is 0 Å². The Morgan fingerprint density at radius 2 is 1.89 bits per heavy atom. The third kappa shape index (κ3) is 5.74. The fourth-order valence-electron chi connectivity index (χ4n) is 1.55. The van der Waals surface area contributed by atoms with Gasteiger partial charge in [-0.05, 0) is 36.5 Å². The maximum Gasteiger partial charge on any atom is 0.232 e. The zero-order valence-electron chi connectivity index (χ0n) is 10.7. The summed E-state index contributed by atoms with van der Waals surface area (Å²) in [7, 11) is 1.70. The van der Waals surface area contributed by atoms with E-state index >= 15 is 0 Å². The van der Waals surface area contributed by atoms with Gasteiger partial charge < -0.3 is 4.74 Å². The first-order valence-corrected chi connectivity index (χ1v) is 8.55. The average Bonchev–Trinajstić information content (AvgIpc) is 2.33. The van der Waals surface area contributed by atoms with E-state index in [1.165, 1.54) is 5.56 Å². The first kappa shape index (κ1) is 15.3. The van der Waals surface area contributed by atoms with Gasteiger partial charge in [0, 0.05) is 10.7 Å². The van der Waals surface area contributed by atoms with Crippen LogP contribution in [0.1, 0.15) is 38.2 Å². The van der Waals surface area contributed by atoms with Crippen molar-refractivity contribution in [1.82, 2.24) is 0 Å². The van der Waals surface area contributed by atoms with Gasteiger partial charge in [0.1, 0.15) is 5.75 Å². The molecule has 0 aliphatic rings. The third-order valence-electron chi connectivity index (χ3n) is 2.86. The SMILES string of the molecule is CCC(C)c1ccc(OCCCS(=O)(=O)Cl)cc1. The van der Waals surface area contributed by atoms with Crippen LogP contribution in [0.4, 0.5) is 0 Å². The molecule has 0 spiro atoms. The molecule has 0 amide bonds. The van der Waals surface area contributed by atoms with E-state index in [-0.39, 0.29) is 5.75 Å². The molecule has 0 radical (unpaired) electrons. The average molecular weight is 291 g/mol. The Morgan fingerprint density at radius 3 is 2.39 bits per heavy atom. The zero-order valence-corrected chi connectivity index (χ0v) is 12.3. The number of benzene rings is 1. The molecule has 0 bridgehead atoms. The van der Waals surface area contributed by atoms with Crippen LogP contribution in [0.15, 0.2) is 24.3 Å². The molecule has 0 aliphatic carbocycles. The summed E-state index contributed by atoms with van der Waals surface area (Å²) in [6, 6.07) is 7.91. The second kappa shape index (κ2) is 7.00. The maximum atomic E-state index is 10.7. The molecule has 1 unspecified atom stereocenters. The molecule has 1 atom stereocenters. The molecule has 0 saturated heterocycles. The second-order valence-electron chi connectivity index (χ2n) is 4.32. The van der Waals surface area contributed by atoms with Gasteiger partial charge in [-0.2, -0.15) is 0 Å². The summed E-state index contributed by atoms with van der Waals surface area (Å²) >= 11 is 0. The van der Waals surface area contributed by atoms with Gasteiger partial charge in [-0.25, -0.2) is 8.42 Å². The monoisotopic (exact) mass is 290 g/mol. The number of hydrogen-bond acceptors (Lipinski definition) is 3. The minimum absolute atomic E-state index is 0.0560. The Bertz CT molecular complexity index is 454. The maximum absolute atomic E-state index is 10.7. The van der Waals surface area contributed by atoms with Crippen molar-refractivity contribution in [2.45, 2.75) is 32.6 Å². The molecule has 0 N–H and O–H groups in total. The van der Waals surface area contributed by atoms with Crippen LogP contribution in [0.25, 0.3) is 0 Å². The lowest BCUT2D eigenvalue weighted by atomic mass is 9.99. The molecule has 1 aromatic carbocycles. The lowest BCUT2D eigenvalue weighted by Crippen LogP contribution is -2.04. The number of rotatable bonds is 7. The van der Waals surface area contributed by atoms with E-state index in [1.54, 1.807) is 0 Å². The lowest BCUT2D eigenvalue weighted by Gasteiger charge is -2.10. The van der Waals surface area contributed by atoms with Crippen molar-refractivity contribution in [2.75, 3.05) is 12.4 Å². The Kier molecular flexibility index (Phi) is 5.96. The Balaban J connectivity index is 2.40. The van der Waals surface area contributed by atoms with E-state index in [0.717, 1.165) is 12.2 Å². The minimum atomic E-state index is -3.41. The Labute approximate surface area is 114 Å². The topological polar surface area (TPSA) is 43.4 Å². The van der Waals surface area contributed by atoms with Crippen LogP contribution in [0.5, 0.6) is 5.75 Å². The van der Waals surface area contributed by atoms with E-state index in [1.807, 2.05) is 24.3 Å². The molecule has 18 heavy (non-hydrogen) atoms. The summed E-state index contributed by atoms with van der Waals surface area (Å²) in [5, 5.41) is 0. The molecule has 0 aromatic heterocycles. The fourth-order valence-corrected chi connectivity index (χ4v) is 2.34. The summed E-state index contributed by atoms with van der Waals surface area (Å²) in [6.07, 6.45) is 1.51. The highest BCUT2D eigenvalue weighted by Gasteiger charge is 2.05. The normalized spacial score (nSPS) is 13.3. The molecule has 1 rings (SSSR count). The summed E-state index contributed by atoms with van der Waals surface area (Å²) in [6.45, 7) is 4.69. The fraction of sp³-hybridized carbons (Fsp3) is 0.538. The van der Waals surface area contributed by atoms with Gasteiger partial charge in [0.25, 0.3) is 0 Å². The van der Waals surface area contributed by atoms with Gasteiger partial charge in [0.05, 0.1) is 12.4 Å². The zero-order chi connectivity index (χ0) is 13.6. The third-order valence-corrected chi connectivity index (χ3v) is 4.10. The molecule has 3 nitrogen and oxygen atoms in total. The smallest absolute Gasteiger partial charge is 0.232 e. The van der Waals surface area contributed by atoms with Gasteiger partial charge in [0.15, 0.2) is 0 Å². The number of hydrogen-bond donors (Lipinski definition) is 0. The molecule has 0 fully saturated rings. The second-order valence-corrected chi connectivity index (χ2v) is 7.22. The van der Waals surface area contributed by atoms with Gasteiger partial charge in [-0.3, -0.25) is 0 Å². The van der Waals surface area contributed by atoms with Crippen molar-refractivity contribution in [3.63, 3.8) is 0 Å². The molecule has 5 heteroatoms. The van der Waals surface area contributed by atoms with Crippen molar-refractivity contribution < 1.29 is 13.2 Å². The van der Waals surface area contributed by atoms with E-state index in [0.29, 0.717) is 18.9 Å². The molecule has 0 aliphatic heterocycles. The van der Waals surface area contributed by atoms with Crippen LogP contribution in [-0.2, 0) is 9.05 Å². The number of halogens is 1. The van der Waals surface area contributed by atoms with Gasteiger partial charge in [-0.15, -0.1) is 0 Å². The van der Waals surface area contributed by atoms with E-state index in [9.17, 15) is 8.42 Å². The van der Waals surface area contributed by atoms with Gasteiger partial charge in [-0.1, -0.05) is 26.0 Å². The predicted octanol–water partition coefficient (Wildman–Crippen LogP) is 3.54. The standard InChI is InChI=1S/C13H19ClO3S/c1-3-11(2)12-5-7-13(8-6-12)17-9-4-10-18(14,15)16/h5-8,11H,3-4,9-10H2,1-2H3. The molecule has 1 aromatic rings. The molecule has 0 heterocycles. The predicted molar refractivity (Wildman–Crippen MR) is 74.9 cm³/mol. The number of ether oxygens (including phenoxy) is 1. The molecule has 0 saturated carbocycles. The van der Waals surface area contributed by atoms with Crippen molar-refractivity contribution >= 4 is 19.7 Å². The van der Waals surface area contributed by atoms with Crippen LogP contribution in [-0.4, -0.2) is 20.8 Å². The highest BCUT2D eigenvalue weighted by Crippen LogP contribution is 2.21. The van der Waals surface area contributed by atoms with Gasteiger partial charge in [0.2, 0.25) is 9.05 Å². The van der Waals surface area contributed by atoms with Crippen LogP contribution in [0.3, 0.4) is 0 Å². The lowest BCUT2D eigenvalue weighted by molar-refractivity contribution is 0.318. The molecular weight excluding hydrogens is 272 g/mol. The van der Waals surface area contributed by atoms with Crippen LogP contribution in [0.2, 0.25) is 0 Å². The quantitative estimate of drug-likeness (QED) is 0.570.